The third-order valence-electron chi connectivity index (χ3n) is 3.41. The van der Waals surface area contributed by atoms with Crippen molar-refractivity contribution in [1.29, 1.82) is 0 Å². The van der Waals surface area contributed by atoms with E-state index in [1.165, 1.54) is 11.8 Å². The number of anilines is 2. The van der Waals surface area contributed by atoms with E-state index in [1.807, 2.05) is 48.5 Å². The van der Waals surface area contributed by atoms with Crippen molar-refractivity contribution in [3.8, 4) is 0 Å². The molecule has 0 bridgehead atoms. The van der Waals surface area contributed by atoms with Crippen LogP contribution in [0.2, 0.25) is 0 Å². The lowest BCUT2D eigenvalue weighted by atomic mass is 10.2. The van der Waals surface area contributed by atoms with Crippen molar-refractivity contribution in [2.45, 2.75) is 31.1 Å². The molecule has 0 aliphatic rings. The lowest BCUT2D eigenvalue weighted by molar-refractivity contribution is -0.116. The summed E-state index contributed by atoms with van der Waals surface area (Å²) in [5.74, 6) is 0.299. The number of thioether (sulfide) groups is 1. The molecule has 25 heavy (non-hydrogen) atoms. The van der Waals surface area contributed by atoms with Crippen LogP contribution in [0.15, 0.2) is 57.9 Å². The summed E-state index contributed by atoms with van der Waals surface area (Å²) < 4.78 is 0.858. The van der Waals surface area contributed by atoms with Crippen molar-refractivity contribution in [3.63, 3.8) is 0 Å². The first-order chi connectivity index (χ1) is 12.1. The molecular weight excluding hydrogens is 400 g/mol. The zero-order valence-corrected chi connectivity index (χ0v) is 16.5. The maximum absolute atomic E-state index is 12.0. The van der Waals surface area contributed by atoms with Crippen LogP contribution in [-0.4, -0.2) is 17.6 Å². The van der Waals surface area contributed by atoms with Crippen molar-refractivity contribution in [2.24, 2.45) is 0 Å². The van der Waals surface area contributed by atoms with Crippen molar-refractivity contribution < 1.29 is 9.59 Å². The van der Waals surface area contributed by atoms with Crippen molar-refractivity contribution in [1.82, 2.24) is 0 Å². The summed E-state index contributed by atoms with van der Waals surface area (Å²) in [6.45, 7) is 2.06. The van der Waals surface area contributed by atoms with Gasteiger partial charge in [0.2, 0.25) is 11.8 Å². The molecule has 4 nitrogen and oxygen atoms in total. The molecule has 0 radical (unpaired) electrons. The summed E-state index contributed by atoms with van der Waals surface area (Å²) in [6.07, 6.45) is 2.44. The number of para-hydroxylation sites is 1. The molecule has 0 aliphatic carbocycles. The van der Waals surface area contributed by atoms with Crippen LogP contribution in [0.4, 0.5) is 11.4 Å². The molecule has 0 aliphatic heterocycles. The monoisotopic (exact) mass is 420 g/mol. The largest absolute Gasteiger partial charge is 0.326 e. The smallest absolute Gasteiger partial charge is 0.234 e. The fraction of sp³-hybridized carbons (Fsp3) is 0.263. The number of benzene rings is 2. The Morgan fingerprint density at radius 1 is 1.00 bits per heavy atom. The molecule has 2 aromatic rings. The Morgan fingerprint density at radius 2 is 1.72 bits per heavy atom. The van der Waals surface area contributed by atoms with Gasteiger partial charge in [-0.25, -0.2) is 0 Å². The molecule has 2 rings (SSSR count). The van der Waals surface area contributed by atoms with Gasteiger partial charge >= 0.3 is 0 Å². The summed E-state index contributed by atoms with van der Waals surface area (Å²) in [6, 6.07) is 15.0. The van der Waals surface area contributed by atoms with Gasteiger partial charge in [0.25, 0.3) is 0 Å². The van der Waals surface area contributed by atoms with Gasteiger partial charge in [-0.2, -0.15) is 0 Å². The molecular formula is C19H21BrN2O2S. The fourth-order valence-corrected chi connectivity index (χ4v) is 3.18. The second-order valence-corrected chi connectivity index (χ2v) is 7.40. The predicted octanol–water partition coefficient (Wildman–Crippen LogP) is 5.31. The van der Waals surface area contributed by atoms with Crippen LogP contribution in [0.1, 0.15) is 26.2 Å². The zero-order valence-electron chi connectivity index (χ0n) is 14.0. The number of carbonyl (C=O) groups excluding carboxylic acids is 2. The van der Waals surface area contributed by atoms with Crippen molar-refractivity contribution >= 4 is 50.9 Å². The fourth-order valence-electron chi connectivity index (χ4n) is 2.09. The summed E-state index contributed by atoms with van der Waals surface area (Å²) in [7, 11) is 0. The summed E-state index contributed by atoms with van der Waals surface area (Å²) in [5.41, 5.74) is 1.54. The first-order valence-corrected chi connectivity index (χ1v) is 9.93. The summed E-state index contributed by atoms with van der Waals surface area (Å²) in [4.78, 5) is 24.7. The number of unbranched alkanes of at least 4 members (excludes halogenated alkanes) is 1. The van der Waals surface area contributed by atoms with E-state index in [4.69, 9.17) is 0 Å². The highest BCUT2D eigenvalue weighted by Gasteiger charge is 2.06. The van der Waals surface area contributed by atoms with E-state index in [-0.39, 0.29) is 11.8 Å². The Morgan fingerprint density at radius 3 is 2.40 bits per heavy atom. The average molecular weight is 421 g/mol. The SMILES string of the molecule is CCCCC(=O)Nc1ccc(SCC(=O)Nc2ccccc2Br)cc1. The molecule has 0 fully saturated rings. The van der Waals surface area contributed by atoms with Gasteiger partial charge in [0, 0.05) is 21.5 Å². The van der Waals surface area contributed by atoms with E-state index in [2.05, 4.69) is 33.5 Å². The third kappa shape index (κ3) is 6.92. The first kappa shape index (κ1) is 19.5. The number of amides is 2. The Kier molecular flexibility index (Phi) is 8.01. The minimum atomic E-state index is -0.0613. The zero-order chi connectivity index (χ0) is 18.1. The summed E-state index contributed by atoms with van der Waals surface area (Å²) >= 11 is 4.86. The topological polar surface area (TPSA) is 58.2 Å². The third-order valence-corrected chi connectivity index (χ3v) is 5.12. The number of nitrogens with one attached hydrogen (secondary N) is 2. The lowest BCUT2D eigenvalue weighted by Crippen LogP contribution is -2.14. The molecule has 0 unspecified atom stereocenters. The Labute approximate surface area is 160 Å². The van der Waals surface area contributed by atoms with Gasteiger partial charge in [-0.05, 0) is 58.7 Å². The maximum atomic E-state index is 12.0. The van der Waals surface area contributed by atoms with Crippen LogP contribution in [0.5, 0.6) is 0 Å². The minimum absolute atomic E-state index is 0.0371. The normalized spacial score (nSPS) is 10.3. The van der Waals surface area contributed by atoms with E-state index >= 15 is 0 Å². The molecule has 132 valence electrons. The molecule has 2 N–H and O–H groups in total. The second kappa shape index (κ2) is 10.3. The van der Waals surface area contributed by atoms with Gasteiger partial charge in [0.1, 0.15) is 0 Å². The van der Waals surface area contributed by atoms with Crippen LogP contribution in [0, 0.1) is 0 Å². The molecule has 0 spiro atoms. The molecule has 0 heterocycles. The Bertz CT molecular complexity index is 720. The molecule has 2 aromatic carbocycles. The van der Waals surface area contributed by atoms with E-state index < -0.39 is 0 Å². The van der Waals surface area contributed by atoms with Crippen molar-refractivity contribution in [3.05, 3.63) is 53.0 Å². The molecule has 0 atom stereocenters. The van der Waals surface area contributed by atoms with Crippen LogP contribution in [0.3, 0.4) is 0 Å². The number of carbonyl (C=O) groups is 2. The molecule has 0 aromatic heterocycles. The van der Waals surface area contributed by atoms with Gasteiger partial charge < -0.3 is 10.6 Å². The second-order valence-electron chi connectivity index (χ2n) is 5.49. The highest BCUT2D eigenvalue weighted by Crippen LogP contribution is 2.23. The number of hydrogen-bond acceptors (Lipinski definition) is 3. The van der Waals surface area contributed by atoms with Gasteiger partial charge in [0.15, 0.2) is 0 Å². The Balaban J connectivity index is 1.80. The van der Waals surface area contributed by atoms with Crippen LogP contribution in [-0.2, 0) is 9.59 Å². The maximum Gasteiger partial charge on any atom is 0.234 e. The molecule has 0 saturated carbocycles. The van der Waals surface area contributed by atoms with Gasteiger partial charge in [-0.1, -0.05) is 25.5 Å². The van der Waals surface area contributed by atoms with Crippen LogP contribution >= 0.6 is 27.7 Å². The van der Waals surface area contributed by atoms with Gasteiger partial charge in [-0.15, -0.1) is 11.8 Å². The van der Waals surface area contributed by atoms with Crippen molar-refractivity contribution in [2.75, 3.05) is 16.4 Å². The predicted molar refractivity (Wildman–Crippen MR) is 108 cm³/mol. The minimum Gasteiger partial charge on any atom is -0.326 e. The number of halogens is 1. The molecule has 0 saturated heterocycles. The highest BCUT2D eigenvalue weighted by atomic mass is 79.9. The van der Waals surface area contributed by atoms with Gasteiger partial charge in [-0.3, -0.25) is 9.59 Å². The summed E-state index contributed by atoms with van der Waals surface area (Å²) in [5, 5.41) is 5.75. The van der Waals surface area contributed by atoms with Gasteiger partial charge in [0.05, 0.1) is 11.4 Å². The number of hydrogen-bond donors (Lipinski definition) is 2. The van der Waals surface area contributed by atoms with E-state index in [0.29, 0.717) is 12.2 Å². The van der Waals surface area contributed by atoms with Crippen LogP contribution < -0.4 is 10.6 Å². The van der Waals surface area contributed by atoms with E-state index in [1.54, 1.807) is 0 Å². The molecule has 6 heteroatoms. The number of rotatable bonds is 8. The standard InChI is InChI=1S/C19H21BrN2O2S/c1-2-3-8-18(23)21-14-9-11-15(12-10-14)25-13-19(24)22-17-7-5-4-6-16(17)20/h4-7,9-12H,2-3,8,13H2,1H3,(H,21,23)(H,22,24). The average Bonchev–Trinajstić information content (AvgIpc) is 2.61. The highest BCUT2D eigenvalue weighted by molar-refractivity contribution is 9.10. The first-order valence-electron chi connectivity index (χ1n) is 8.15. The van der Waals surface area contributed by atoms with Crippen LogP contribution in [0.25, 0.3) is 0 Å². The molecule has 2 amide bonds. The quantitative estimate of drug-likeness (QED) is 0.568. The lowest BCUT2D eigenvalue weighted by Gasteiger charge is -2.08. The Hall–Kier alpha value is -1.79. The van der Waals surface area contributed by atoms with E-state index in [9.17, 15) is 9.59 Å². The van der Waals surface area contributed by atoms with E-state index in [0.717, 1.165) is 33.6 Å².